The van der Waals surface area contributed by atoms with Gasteiger partial charge in [0.2, 0.25) is 0 Å². The van der Waals surface area contributed by atoms with Gasteiger partial charge in [0.1, 0.15) is 6.61 Å². The molecule has 2 aromatic carbocycles. The Balaban J connectivity index is 2.16. The van der Waals surface area contributed by atoms with Crippen LogP contribution >= 0.6 is 15.9 Å². The fourth-order valence-corrected chi connectivity index (χ4v) is 2.81. The Hall–Kier alpha value is -2.78. The minimum Gasteiger partial charge on any atom is -0.490 e. The molecule has 0 aliphatic carbocycles. The summed E-state index contributed by atoms with van der Waals surface area (Å²) in [5.74, 6) is 3.23. The number of benzene rings is 2. The van der Waals surface area contributed by atoms with Gasteiger partial charge in [0, 0.05) is 5.56 Å². The molecule has 6 heteroatoms. The number of halogens is 1. The molecule has 0 aliphatic rings. The number of carbonyl (C=O) groups is 1. The minimum absolute atomic E-state index is 0.137. The number of hydrogen-bond donors (Lipinski definition) is 1. The van der Waals surface area contributed by atoms with E-state index in [1.807, 2.05) is 32.0 Å². The number of rotatable bonds is 7. The van der Waals surface area contributed by atoms with E-state index in [0.717, 1.165) is 11.1 Å². The number of nitrogens with one attached hydrogen (secondary N) is 1. The van der Waals surface area contributed by atoms with Crippen molar-refractivity contribution in [2.45, 2.75) is 13.8 Å². The van der Waals surface area contributed by atoms with Gasteiger partial charge in [-0.05, 0) is 59.1 Å². The molecule has 2 rings (SSSR count). The molecule has 1 N–H and O–H groups in total. The van der Waals surface area contributed by atoms with E-state index in [1.165, 1.54) is 6.21 Å². The van der Waals surface area contributed by atoms with Gasteiger partial charge < -0.3 is 9.47 Å². The van der Waals surface area contributed by atoms with Crippen LogP contribution < -0.4 is 14.9 Å². The van der Waals surface area contributed by atoms with E-state index in [2.05, 4.69) is 32.4 Å². The molecule has 0 bridgehead atoms. The molecule has 0 saturated heterocycles. The zero-order valence-electron chi connectivity index (χ0n) is 14.6. The van der Waals surface area contributed by atoms with Crippen LogP contribution in [0.4, 0.5) is 0 Å². The molecular weight excluding hydrogens is 396 g/mol. The molecule has 0 spiro atoms. The van der Waals surface area contributed by atoms with Gasteiger partial charge in [-0.2, -0.15) is 5.10 Å². The van der Waals surface area contributed by atoms with E-state index in [1.54, 1.807) is 18.2 Å². The predicted octanol–water partition coefficient (Wildman–Crippen LogP) is 3.93. The molecule has 0 radical (unpaired) electrons. The lowest BCUT2D eigenvalue weighted by Crippen LogP contribution is -2.18. The second-order valence-electron chi connectivity index (χ2n) is 5.27. The molecule has 26 heavy (non-hydrogen) atoms. The maximum Gasteiger partial charge on any atom is 0.271 e. The number of amides is 1. The van der Waals surface area contributed by atoms with E-state index < -0.39 is 0 Å². The maximum absolute atomic E-state index is 12.2. The number of hydrogen-bond acceptors (Lipinski definition) is 4. The fraction of sp³-hybridized carbons (Fsp3) is 0.200. The molecule has 5 nitrogen and oxygen atoms in total. The van der Waals surface area contributed by atoms with Gasteiger partial charge in [-0.3, -0.25) is 4.79 Å². The van der Waals surface area contributed by atoms with Gasteiger partial charge >= 0.3 is 0 Å². The number of aryl methyl sites for hydroxylation is 1. The van der Waals surface area contributed by atoms with Crippen molar-refractivity contribution < 1.29 is 14.3 Å². The third kappa shape index (κ3) is 5.11. The third-order valence-electron chi connectivity index (χ3n) is 3.40. The smallest absolute Gasteiger partial charge is 0.271 e. The summed E-state index contributed by atoms with van der Waals surface area (Å²) < 4.78 is 11.8. The van der Waals surface area contributed by atoms with Crippen molar-refractivity contribution in [3.05, 3.63) is 57.6 Å². The molecule has 0 fully saturated rings. The van der Waals surface area contributed by atoms with Crippen molar-refractivity contribution in [1.29, 1.82) is 0 Å². The summed E-state index contributed by atoms with van der Waals surface area (Å²) in [6.07, 6.45) is 6.78. The number of carbonyl (C=O) groups excluding carboxylic acids is 1. The summed E-state index contributed by atoms with van der Waals surface area (Å²) in [4.78, 5) is 12.2. The molecular formula is C20H19BrN2O3. The van der Waals surface area contributed by atoms with Crippen LogP contribution in [0.15, 0.2) is 46.0 Å². The van der Waals surface area contributed by atoms with Crippen LogP contribution in [0.2, 0.25) is 0 Å². The second-order valence-corrected chi connectivity index (χ2v) is 6.12. The lowest BCUT2D eigenvalue weighted by molar-refractivity contribution is 0.0954. The summed E-state index contributed by atoms with van der Waals surface area (Å²) >= 11 is 3.44. The normalized spacial score (nSPS) is 10.4. The SMILES string of the molecule is C#CCOc1c(Br)cc(/C=N\NC(=O)c2ccccc2C)cc1OCC. The van der Waals surface area contributed by atoms with E-state index in [9.17, 15) is 4.79 Å². The van der Waals surface area contributed by atoms with Crippen molar-refractivity contribution in [3.8, 4) is 23.8 Å². The molecule has 0 aromatic heterocycles. The van der Waals surface area contributed by atoms with Crippen LogP contribution in [-0.4, -0.2) is 25.3 Å². The average Bonchev–Trinajstić information content (AvgIpc) is 2.61. The summed E-state index contributed by atoms with van der Waals surface area (Å²) in [6, 6.07) is 10.9. The molecule has 0 unspecified atom stereocenters. The predicted molar refractivity (Wildman–Crippen MR) is 106 cm³/mol. The Bertz CT molecular complexity index is 857. The Morgan fingerprint density at radius 1 is 1.35 bits per heavy atom. The van der Waals surface area contributed by atoms with Crippen molar-refractivity contribution in [3.63, 3.8) is 0 Å². The molecule has 0 atom stereocenters. The first-order valence-corrected chi connectivity index (χ1v) is 8.77. The first-order chi connectivity index (χ1) is 12.6. The first-order valence-electron chi connectivity index (χ1n) is 7.98. The van der Waals surface area contributed by atoms with Crippen LogP contribution in [-0.2, 0) is 0 Å². The summed E-state index contributed by atoms with van der Waals surface area (Å²) in [5, 5.41) is 4.02. The van der Waals surface area contributed by atoms with E-state index in [4.69, 9.17) is 15.9 Å². The van der Waals surface area contributed by atoms with Gasteiger partial charge in [-0.1, -0.05) is 24.1 Å². The zero-order chi connectivity index (χ0) is 18.9. The third-order valence-corrected chi connectivity index (χ3v) is 3.99. The Kier molecular flexibility index (Phi) is 7.24. The number of hydrazone groups is 1. The van der Waals surface area contributed by atoms with Crippen molar-refractivity contribution in [2.24, 2.45) is 5.10 Å². The highest BCUT2D eigenvalue weighted by Crippen LogP contribution is 2.36. The quantitative estimate of drug-likeness (QED) is 0.424. The molecule has 0 aliphatic heterocycles. The second kappa shape index (κ2) is 9.64. The van der Waals surface area contributed by atoms with Gasteiger partial charge in [0.05, 0.1) is 17.3 Å². The lowest BCUT2D eigenvalue weighted by atomic mass is 10.1. The van der Waals surface area contributed by atoms with E-state index in [-0.39, 0.29) is 12.5 Å². The largest absolute Gasteiger partial charge is 0.490 e. The molecule has 1 amide bonds. The molecule has 0 saturated carbocycles. The topological polar surface area (TPSA) is 59.9 Å². The fourth-order valence-electron chi connectivity index (χ4n) is 2.23. The Morgan fingerprint density at radius 2 is 2.12 bits per heavy atom. The Labute approximate surface area is 161 Å². The standard InChI is InChI=1S/C20H19BrN2O3/c1-4-10-26-19-17(21)11-15(12-18(19)25-5-2)13-22-23-20(24)16-9-7-6-8-14(16)3/h1,6-9,11-13H,5,10H2,2-3H3,(H,23,24)/b22-13-. The van der Waals surface area contributed by atoms with E-state index >= 15 is 0 Å². The zero-order valence-corrected chi connectivity index (χ0v) is 16.2. The maximum atomic E-state index is 12.2. The van der Waals surface area contributed by atoms with Crippen molar-refractivity contribution in [2.75, 3.05) is 13.2 Å². The number of terminal acetylenes is 1. The highest BCUT2D eigenvalue weighted by Gasteiger charge is 2.12. The lowest BCUT2D eigenvalue weighted by Gasteiger charge is -2.13. The van der Waals surface area contributed by atoms with Gasteiger partial charge in [-0.15, -0.1) is 6.42 Å². The average molecular weight is 415 g/mol. The highest BCUT2D eigenvalue weighted by atomic mass is 79.9. The van der Waals surface area contributed by atoms with E-state index in [0.29, 0.717) is 28.1 Å². The van der Waals surface area contributed by atoms with Crippen molar-refractivity contribution >= 4 is 28.1 Å². The highest BCUT2D eigenvalue weighted by molar-refractivity contribution is 9.10. The number of nitrogens with zero attached hydrogens (tertiary/aromatic N) is 1. The summed E-state index contributed by atoms with van der Waals surface area (Å²) in [6.45, 7) is 4.36. The van der Waals surface area contributed by atoms with Crippen LogP contribution in [0.5, 0.6) is 11.5 Å². The molecule has 2 aromatic rings. The van der Waals surface area contributed by atoms with Gasteiger partial charge in [0.15, 0.2) is 11.5 Å². The minimum atomic E-state index is -0.266. The van der Waals surface area contributed by atoms with Crippen molar-refractivity contribution in [1.82, 2.24) is 5.43 Å². The van der Waals surface area contributed by atoms with Gasteiger partial charge in [0.25, 0.3) is 5.91 Å². The van der Waals surface area contributed by atoms with Crippen LogP contribution in [0.3, 0.4) is 0 Å². The summed E-state index contributed by atoms with van der Waals surface area (Å²) in [7, 11) is 0. The summed E-state index contributed by atoms with van der Waals surface area (Å²) in [5.41, 5.74) is 4.73. The Morgan fingerprint density at radius 3 is 2.81 bits per heavy atom. The van der Waals surface area contributed by atoms with Gasteiger partial charge in [-0.25, -0.2) is 5.43 Å². The monoisotopic (exact) mass is 414 g/mol. The molecule has 0 heterocycles. The first kappa shape index (κ1) is 19.5. The van der Waals surface area contributed by atoms with Crippen LogP contribution in [0, 0.1) is 19.3 Å². The van der Waals surface area contributed by atoms with Crippen LogP contribution in [0.25, 0.3) is 0 Å². The number of ether oxygens (including phenoxy) is 2. The van der Waals surface area contributed by atoms with Crippen LogP contribution in [0.1, 0.15) is 28.4 Å². The molecule has 134 valence electrons.